The number of esters is 1. The fraction of sp³-hybridized carbons (Fsp3) is 0.333. The summed E-state index contributed by atoms with van der Waals surface area (Å²) in [6.45, 7) is 1.43. The number of amides is 1. The first kappa shape index (κ1) is 18.1. The lowest BCUT2D eigenvalue weighted by atomic mass is 10.0. The molecule has 0 aromatic heterocycles. The van der Waals surface area contributed by atoms with Gasteiger partial charge < -0.3 is 14.4 Å². The summed E-state index contributed by atoms with van der Waals surface area (Å²) >= 11 is 0. The van der Waals surface area contributed by atoms with Crippen LogP contribution in [0.1, 0.15) is 12.0 Å². The molecule has 0 radical (unpaired) electrons. The average molecular weight is 353 g/mol. The minimum absolute atomic E-state index is 0.0515. The molecule has 0 spiro atoms. The van der Waals surface area contributed by atoms with Crippen LogP contribution in [0.3, 0.4) is 0 Å². The van der Waals surface area contributed by atoms with Crippen LogP contribution in [0.15, 0.2) is 54.6 Å². The molecule has 136 valence electrons. The molecule has 2 aromatic rings. The van der Waals surface area contributed by atoms with Gasteiger partial charge in [-0.3, -0.25) is 9.59 Å². The Morgan fingerprint density at radius 2 is 1.77 bits per heavy atom. The van der Waals surface area contributed by atoms with Crippen molar-refractivity contribution in [2.45, 2.75) is 18.9 Å². The molecule has 1 atom stereocenters. The number of hydrogen-bond acceptors (Lipinski definition) is 4. The highest BCUT2D eigenvalue weighted by molar-refractivity contribution is 5.79. The Balaban J connectivity index is 1.58. The Labute approximate surface area is 153 Å². The Hall–Kier alpha value is -2.66. The van der Waals surface area contributed by atoms with Gasteiger partial charge in [0.25, 0.3) is 0 Å². The van der Waals surface area contributed by atoms with Gasteiger partial charge in [-0.2, -0.15) is 0 Å². The van der Waals surface area contributed by atoms with E-state index in [2.05, 4.69) is 16.9 Å². The molecule has 26 heavy (non-hydrogen) atoms. The highest BCUT2D eigenvalue weighted by Gasteiger charge is 2.26. The summed E-state index contributed by atoms with van der Waals surface area (Å²) in [7, 11) is 1.35. The summed E-state index contributed by atoms with van der Waals surface area (Å²) in [5.74, 6) is -0.267. The van der Waals surface area contributed by atoms with Crippen molar-refractivity contribution < 1.29 is 19.1 Å². The first-order valence-corrected chi connectivity index (χ1v) is 8.76. The molecule has 0 saturated carbocycles. The van der Waals surface area contributed by atoms with E-state index in [4.69, 9.17) is 4.74 Å². The van der Waals surface area contributed by atoms with Crippen molar-refractivity contribution in [3.63, 3.8) is 0 Å². The second-order valence-corrected chi connectivity index (χ2v) is 6.35. The molecule has 1 heterocycles. The van der Waals surface area contributed by atoms with Crippen molar-refractivity contribution in [3.8, 4) is 11.1 Å². The largest absolute Gasteiger partial charge is 0.469 e. The molecule has 1 aliphatic heterocycles. The third kappa shape index (κ3) is 4.70. The predicted octanol–water partition coefficient (Wildman–Crippen LogP) is 2.69. The summed E-state index contributed by atoms with van der Waals surface area (Å²) in [6.07, 6.45) is 0.229. The smallest absolute Gasteiger partial charge is 0.308 e. The Bertz CT molecular complexity index is 742. The number of hydrogen-bond donors (Lipinski definition) is 0. The Morgan fingerprint density at radius 1 is 1.08 bits per heavy atom. The molecule has 2 aromatic carbocycles. The van der Waals surface area contributed by atoms with E-state index < -0.39 is 0 Å². The second-order valence-electron chi connectivity index (χ2n) is 6.35. The maximum Gasteiger partial charge on any atom is 0.308 e. The number of carbonyl (C=O) groups excluding carboxylic acids is 2. The van der Waals surface area contributed by atoms with Crippen molar-refractivity contribution >= 4 is 11.9 Å². The summed E-state index contributed by atoms with van der Waals surface area (Å²) in [6, 6.07) is 18.2. The fourth-order valence-electron chi connectivity index (χ4n) is 3.07. The van der Waals surface area contributed by atoms with Crippen LogP contribution < -0.4 is 0 Å². The van der Waals surface area contributed by atoms with Gasteiger partial charge in [-0.15, -0.1) is 0 Å². The molecule has 3 rings (SSSR count). The molecule has 1 saturated heterocycles. The van der Waals surface area contributed by atoms with E-state index in [0.717, 1.165) is 16.7 Å². The van der Waals surface area contributed by atoms with Crippen LogP contribution in [-0.4, -0.2) is 49.7 Å². The van der Waals surface area contributed by atoms with E-state index >= 15 is 0 Å². The number of benzene rings is 2. The highest BCUT2D eigenvalue weighted by Crippen LogP contribution is 2.20. The van der Waals surface area contributed by atoms with Gasteiger partial charge in [0.1, 0.15) is 0 Å². The predicted molar refractivity (Wildman–Crippen MR) is 98.5 cm³/mol. The summed E-state index contributed by atoms with van der Waals surface area (Å²) in [5, 5.41) is 0. The van der Waals surface area contributed by atoms with Crippen LogP contribution in [-0.2, 0) is 25.5 Å². The summed E-state index contributed by atoms with van der Waals surface area (Å²) in [4.78, 5) is 25.7. The molecule has 1 fully saturated rings. The molecular weight excluding hydrogens is 330 g/mol. The number of rotatable bonds is 5. The van der Waals surface area contributed by atoms with Crippen molar-refractivity contribution in [2.75, 3.05) is 26.8 Å². The maximum atomic E-state index is 12.6. The first-order valence-electron chi connectivity index (χ1n) is 8.76. The standard InChI is InChI=1S/C21H23NO4/c1-25-21(24)14-19-15-22(11-12-26-19)20(23)13-16-7-9-18(10-8-16)17-5-3-2-4-6-17/h2-10,19H,11-15H2,1H3/t19-/m1/s1. The van der Waals surface area contributed by atoms with Crippen molar-refractivity contribution in [1.82, 2.24) is 4.90 Å². The van der Waals surface area contributed by atoms with Crippen LogP contribution >= 0.6 is 0 Å². The number of methoxy groups -OCH3 is 1. The number of morpholine rings is 1. The number of nitrogens with zero attached hydrogens (tertiary/aromatic N) is 1. The molecule has 1 aliphatic rings. The van der Waals surface area contributed by atoms with Gasteiger partial charge in [0.15, 0.2) is 0 Å². The van der Waals surface area contributed by atoms with Gasteiger partial charge in [-0.1, -0.05) is 54.6 Å². The highest BCUT2D eigenvalue weighted by atomic mass is 16.5. The summed E-state index contributed by atoms with van der Waals surface area (Å²) in [5.41, 5.74) is 3.27. The van der Waals surface area contributed by atoms with Crippen molar-refractivity contribution in [1.29, 1.82) is 0 Å². The van der Waals surface area contributed by atoms with Gasteiger partial charge in [0.05, 0.1) is 32.7 Å². The van der Waals surface area contributed by atoms with Gasteiger partial charge in [-0.25, -0.2) is 0 Å². The molecule has 0 N–H and O–H groups in total. The molecule has 5 nitrogen and oxygen atoms in total. The lowest BCUT2D eigenvalue weighted by Crippen LogP contribution is -2.46. The average Bonchev–Trinajstić information content (AvgIpc) is 2.69. The van der Waals surface area contributed by atoms with E-state index in [0.29, 0.717) is 26.1 Å². The van der Waals surface area contributed by atoms with E-state index in [9.17, 15) is 9.59 Å². The molecule has 0 bridgehead atoms. The van der Waals surface area contributed by atoms with E-state index in [1.807, 2.05) is 42.5 Å². The fourth-order valence-corrected chi connectivity index (χ4v) is 3.07. The van der Waals surface area contributed by atoms with Crippen LogP contribution in [0.25, 0.3) is 11.1 Å². The van der Waals surface area contributed by atoms with Crippen LogP contribution in [0.4, 0.5) is 0 Å². The van der Waals surface area contributed by atoms with Crippen molar-refractivity contribution in [3.05, 3.63) is 60.2 Å². The zero-order valence-electron chi connectivity index (χ0n) is 14.9. The van der Waals surface area contributed by atoms with Gasteiger partial charge in [0, 0.05) is 13.1 Å². The van der Waals surface area contributed by atoms with Crippen molar-refractivity contribution in [2.24, 2.45) is 0 Å². The second kappa shape index (κ2) is 8.63. The lowest BCUT2D eigenvalue weighted by molar-refractivity contribution is -0.149. The topological polar surface area (TPSA) is 55.8 Å². The van der Waals surface area contributed by atoms with E-state index in [1.54, 1.807) is 4.90 Å². The van der Waals surface area contributed by atoms with Crippen LogP contribution in [0, 0.1) is 0 Å². The SMILES string of the molecule is COC(=O)C[C@@H]1CN(C(=O)Cc2ccc(-c3ccccc3)cc2)CCO1. The third-order valence-electron chi connectivity index (χ3n) is 4.53. The van der Waals surface area contributed by atoms with Crippen LogP contribution in [0.2, 0.25) is 0 Å². The lowest BCUT2D eigenvalue weighted by Gasteiger charge is -2.32. The van der Waals surface area contributed by atoms with Gasteiger partial charge >= 0.3 is 5.97 Å². The third-order valence-corrected chi connectivity index (χ3v) is 4.53. The zero-order valence-corrected chi connectivity index (χ0v) is 14.9. The first-order chi connectivity index (χ1) is 12.7. The molecule has 0 aliphatic carbocycles. The monoisotopic (exact) mass is 353 g/mol. The summed E-state index contributed by atoms with van der Waals surface area (Å²) < 4.78 is 10.2. The van der Waals surface area contributed by atoms with Crippen LogP contribution in [0.5, 0.6) is 0 Å². The van der Waals surface area contributed by atoms with E-state index in [1.165, 1.54) is 7.11 Å². The van der Waals surface area contributed by atoms with Gasteiger partial charge in [0.2, 0.25) is 5.91 Å². The molecule has 1 amide bonds. The molecular formula is C21H23NO4. The zero-order chi connectivity index (χ0) is 18.4. The normalized spacial score (nSPS) is 17.0. The number of ether oxygens (including phenoxy) is 2. The molecule has 5 heteroatoms. The minimum Gasteiger partial charge on any atom is -0.469 e. The van der Waals surface area contributed by atoms with E-state index in [-0.39, 0.29) is 24.4 Å². The quantitative estimate of drug-likeness (QED) is 0.776. The molecule has 0 unspecified atom stereocenters. The number of carbonyl (C=O) groups is 2. The minimum atomic E-state index is -0.319. The van der Waals surface area contributed by atoms with Gasteiger partial charge in [-0.05, 0) is 16.7 Å². The Morgan fingerprint density at radius 3 is 2.46 bits per heavy atom. The Kier molecular flexibility index (Phi) is 6.02. The maximum absolute atomic E-state index is 12.6.